The van der Waals surface area contributed by atoms with Crippen molar-refractivity contribution in [2.24, 2.45) is 0 Å². The first-order valence-corrected chi connectivity index (χ1v) is 11.5. The molecule has 8 heteroatoms. The molecule has 26 heavy (non-hydrogen) atoms. The molecule has 0 saturated carbocycles. The van der Waals surface area contributed by atoms with Crippen LogP contribution in [-0.2, 0) is 26.5 Å². The van der Waals surface area contributed by atoms with E-state index in [0.717, 1.165) is 11.1 Å². The molecule has 3 rings (SSSR count). The molecule has 0 amide bonds. The van der Waals surface area contributed by atoms with Crippen LogP contribution in [0, 0.1) is 13.8 Å². The molecule has 0 unspecified atom stereocenters. The maximum Gasteiger partial charge on any atom is 0.240 e. The van der Waals surface area contributed by atoms with Crippen molar-refractivity contribution in [2.75, 3.05) is 23.1 Å². The summed E-state index contributed by atoms with van der Waals surface area (Å²) in [6.07, 6.45) is 0.670. The van der Waals surface area contributed by atoms with Gasteiger partial charge in [-0.3, -0.25) is 4.31 Å². The lowest BCUT2D eigenvalue weighted by molar-refractivity contribution is 0.579. The molecule has 0 atom stereocenters. The summed E-state index contributed by atoms with van der Waals surface area (Å²) in [5, 5.41) is 0. The van der Waals surface area contributed by atoms with Crippen LogP contribution in [-0.4, -0.2) is 35.7 Å². The Morgan fingerprint density at radius 3 is 2.54 bits per heavy atom. The first-order valence-electron chi connectivity index (χ1n) is 8.36. The zero-order valence-electron chi connectivity index (χ0n) is 14.8. The fourth-order valence-electron chi connectivity index (χ4n) is 3.09. The van der Waals surface area contributed by atoms with E-state index < -0.39 is 20.0 Å². The molecule has 1 aliphatic heterocycles. The molecule has 0 fully saturated rings. The molecule has 0 spiro atoms. The summed E-state index contributed by atoms with van der Waals surface area (Å²) >= 11 is 0. The zero-order valence-corrected chi connectivity index (χ0v) is 16.4. The Labute approximate surface area is 155 Å². The largest absolute Gasteiger partial charge is 0.270 e. The average molecular weight is 395 g/mol. The van der Waals surface area contributed by atoms with Crippen molar-refractivity contribution in [2.45, 2.75) is 25.2 Å². The summed E-state index contributed by atoms with van der Waals surface area (Å²) in [5.41, 5.74) is 3.13. The Kier molecular flexibility index (Phi) is 5.09. The Balaban J connectivity index is 1.70. The van der Waals surface area contributed by atoms with Crippen molar-refractivity contribution < 1.29 is 16.8 Å². The molecule has 6 nitrogen and oxygen atoms in total. The van der Waals surface area contributed by atoms with E-state index in [1.807, 2.05) is 25.1 Å². The first kappa shape index (κ1) is 18.9. The quantitative estimate of drug-likeness (QED) is 0.812. The monoisotopic (exact) mass is 394 g/mol. The summed E-state index contributed by atoms with van der Waals surface area (Å²) in [5.74, 6) is -0.286. The molecular weight excluding hydrogens is 372 g/mol. The van der Waals surface area contributed by atoms with Gasteiger partial charge in [0.05, 0.1) is 16.3 Å². The van der Waals surface area contributed by atoms with Crippen LogP contribution in [0.2, 0.25) is 0 Å². The van der Waals surface area contributed by atoms with E-state index in [4.69, 9.17) is 0 Å². The van der Waals surface area contributed by atoms with Crippen LogP contribution in [0.3, 0.4) is 0 Å². The lowest BCUT2D eigenvalue weighted by Crippen LogP contribution is -2.37. The molecule has 0 aliphatic carbocycles. The highest BCUT2D eigenvalue weighted by atomic mass is 32.2. The van der Waals surface area contributed by atoms with Crippen molar-refractivity contribution in [3.05, 3.63) is 59.2 Å². The summed E-state index contributed by atoms with van der Waals surface area (Å²) in [6, 6.07) is 12.5. The number of fused-ring (bicyclic) bond motifs is 1. The van der Waals surface area contributed by atoms with Gasteiger partial charge in [-0.15, -0.1) is 0 Å². The predicted molar refractivity (Wildman–Crippen MR) is 102 cm³/mol. The van der Waals surface area contributed by atoms with Crippen LogP contribution in [0.25, 0.3) is 0 Å². The van der Waals surface area contributed by atoms with Gasteiger partial charge in [0.1, 0.15) is 0 Å². The third-order valence-electron chi connectivity index (χ3n) is 4.47. The summed E-state index contributed by atoms with van der Waals surface area (Å²) in [6.45, 7) is 3.75. The van der Waals surface area contributed by atoms with Crippen LogP contribution in [0.1, 0.15) is 16.7 Å². The van der Waals surface area contributed by atoms with E-state index in [2.05, 4.69) is 4.72 Å². The van der Waals surface area contributed by atoms with Crippen molar-refractivity contribution in [3.63, 3.8) is 0 Å². The van der Waals surface area contributed by atoms with Gasteiger partial charge in [0.15, 0.2) is 0 Å². The third-order valence-corrected chi connectivity index (χ3v) is 7.84. The number of aryl methyl sites for hydroxylation is 2. The highest BCUT2D eigenvalue weighted by Crippen LogP contribution is 2.29. The van der Waals surface area contributed by atoms with E-state index in [0.29, 0.717) is 24.2 Å². The summed E-state index contributed by atoms with van der Waals surface area (Å²) in [7, 11) is -7.34. The Hall–Kier alpha value is -1.90. The number of rotatable bonds is 6. The van der Waals surface area contributed by atoms with E-state index in [-0.39, 0.29) is 17.2 Å². The maximum atomic E-state index is 12.6. The molecular formula is C18H22N2O4S2. The molecule has 2 aromatic carbocycles. The van der Waals surface area contributed by atoms with Gasteiger partial charge in [0.2, 0.25) is 20.0 Å². The number of anilines is 1. The van der Waals surface area contributed by atoms with E-state index in [1.165, 1.54) is 4.31 Å². The van der Waals surface area contributed by atoms with Crippen LogP contribution in [0.5, 0.6) is 0 Å². The Bertz CT molecular complexity index is 1030. The predicted octanol–water partition coefficient (Wildman–Crippen LogP) is 1.97. The SMILES string of the molecule is Cc1ccc(C)c(S(=O)(=O)NCCS(=O)(=O)N2CCc3ccccc32)c1. The van der Waals surface area contributed by atoms with Gasteiger partial charge in [-0.2, -0.15) is 0 Å². The number of nitrogens with zero attached hydrogens (tertiary/aromatic N) is 1. The smallest absolute Gasteiger partial charge is 0.240 e. The van der Waals surface area contributed by atoms with Crippen molar-refractivity contribution in [3.8, 4) is 0 Å². The number of benzene rings is 2. The highest BCUT2D eigenvalue weighted by molar-refractivity contribution is 7.93. The van der Waals surface area contributed by atoms with Gasteiger partial charge in [0, 0.05) is 13.1 Å². The fourth-order valence-corrected chi connectivity index (χ4v) is 6.00. The van der Waals surface area contributed by atoms with Crippen LogP contribution >= 0.6 is 0 Å². The Morgan fingerprint density at radius 1 is 1.04 bits per heavy atom. The molecule has 0 radical (unpaired) electrons. The van der Waals surface area contributed by atoms with Crippen LogP contribution in [0.4, 0.5) is 5.69 Å². The second-order valence-corrected chi connectivity index (χ2v) is 10.2. The van der Waals surface area contributed by atoms with Gasteiger partial charge in [-0.1, -0.05) is 30.3 Å². The normalized spacial score (nSPS) is 14.5. The maximum absolute atomic E-state index is 12.6. The molecule has 140 valence electrons. The Morgan fingerprint density at radius 2 is 1.77 bits per heavy atom. The van der Waals surface area contributed by atoms with Gasteiger partial charge >= 0.3 is 0 Å². The topological polar surface area (TPSA) is 83.5 Å². The van der Waals surface area contributed by atoms with E-state index in [1.54, 1.807) is 31.2 Å². The third kappa shape index (κ3) is 3.77. The second kappa shape index (κ2) is 7.02. The average Bonchev–Trinajstić information content (AvgIpc) is 3.01. The number of nitrogens with one attached hydrogen (secondary N) is 1. The molecule has 1 aliphatic rings. The van der Waals surface area contributed by atoms with Crippen LogP contribution < -0.4 is 9.03 Å². The van der Waals surface area contributed by atoms with Gasteiger partial charge in [-0.25, -0.2) is 21.6 Å². The number of hydrogen-bond acceptors (Lipinski definition) is 4. The zero-order chi connectivity index (χ0) is 18.9. The molecule has 1 heterocycles. The minimum Gasteiger partial charge on any atom is -0.270 e. The fraction of sp³-hybridized carbons (Fsp3) is 0.333. The van der Waals surface area contributed by atoms with Crippen molar-refractivity contribution in [1.82, 2.24) is 4.72 Å². The molecule has 0 aromatic heterocycles. The number of sulfonamides is 2. The van der Waals surface area contributed by atoms with Gasteiger partial charge < -0.3 is 0 Å². The number of hydrogen-bond donors (Lipinski definition) is 1. The van der Waals surface area contributed by atoms with Crippen LogP contribution in [0.15, 0.2) is 47.4 Å². The van der Waals surface area contributed by atoms with E-state index in [9.17, 15) is 16.8 Å². The first-order chi connectivity index (χ1) is 12.2. The second-order valence-electron chi connectivity index (χ2n) is 6.43. The van der Waals surface area contributed by atoms with Gasteiger partial charge in [0.25, 0.3) is 0 Å². The number of para-hydroxylation sites is 1. The standard InChI is InChI=1S/C18H22N2O4S2/c1-14-7-8-15(2)18(13-14)26(23,24)19-10-12-25(21,22)20-11-9-16-5-3-4-6-17(16)20/h3-8,13,19H,9-12H2,1-2H3. The molecule has 0 bridgehead atoms. The lowest BCUT2D eigenvalue weighted by Gasteiger charge is -2.19. The van der Waals surface area contributed by atoms with Gasteiger partial charge in [-0.05, 0) is 49.1 Å². The summed E-state index contributed by atoms with van der Waals surface area (Å²) < 4.78 is 54.0. The minimum atomic E-state index is -3.75. The van der Waals surface area contributed by atoms with Crippen molar-refractivity contribution >= 4 is 25.7 Å². The lowest BCUT2D eigenvalue weighted by atomic mass is 10.2. The highest BCUT2D eigenvalue weighted by Gasteiger charge is 2.29. The van der Waals surface area contributed by atoms with Crippen molar-refractivity contribution in [1.29, 1.82) is 0 Å². The minimum absolute atomic E-state index is 0.170. The molecule has 2 aromatic rings. The van der Waals surface area contributed by atoms with E-state index >= 15 is 0 Å². The molecule has 0 saturated heterocycles. The summed E-state index contributed by atoms with van der Waals surface area (Å²) in [4.78, 5) is 0.182. The molecule has 1 N–H and O–H groups in total.